The lowest BCUT2D eigenvalue weighted by atomic mass is 9.96. The highest BCUT2D eigenvalue weighted by molar-refractivity contribution is 7.67. The number of aliphatic hydroxyl groups is 2. The molecule has 2 aliphatic rings. The molecule has 1 aliphatic carbocycles. The summed E-state index contributed by atoms with van der Waals surface area (Å²) in [5, 5.41) is 22.4. The van der Waals surface area contributed by atoms with Crippen LogP contribution >= 0.6 is 23.4 Å². The molecule has 1 aromatic heterocycles. The molecule has 17 nitrogen and oxygen atoms in total. The summed E-state index contributed by atoms with van der Waals surface area (Å²) in [4.78, 5) is 54.2. The Hall–Kier alpha value is -1.03. The van der Waals surface area contributed by atoms with E-state index in [4.69, 9.17) is 4.74 Å². The summed E-state index contributed by atoms with van der Waals surface area (Å²) in [6, 6.07) is 0.484. The van der Waals surface area contributed by atoms with E-state index in [0.717, 1.165) is 36.1 Å². The van der Waals surface area contributed by atoms with Gasteiger partial charge in [0.2, 0.25) is 0 Å². The number of nitrogens with one attached hydrogen (secondary N) is 2. The number of H-pyrrole nitrogens is 1. The second-order valence-corrected chi connectivity index (χ2v) is 12.7. The maximum Gasteiger partial charge on any atom is 0.489 e. The van der Waals surface area contributed by atoms with Crippen LogP contribution in [0.3, 0.4) is 0 Å². The monoisotopic (exact) mass is 565 g/mol. The van der Waals surface area contributed by atoms with E-state index in [2.05, 4.69) is 18.2 Å². The minimum Gasteiger partial charge on any atom is -0.387 e. The summed E-state index contributed by atoms with van der Waals surface area (Å²) in [6.07, 6.45) is -2.04. The third kappa shape index (κ3) is 7.98. The Labute approximate surface area is 197 Å². The number of aromatic nitrogens is 2. The smallest absolute Gasteiger partial charge is 0.387 e. The first kappa shape index (κ1) is 28.5. The predicted molar refractivity (Wildman–Crippen MR) is 115 cm³/mol. The third-order valence-electron chi connectivity index (χ3n) is 5.24. The van der Waals surface area contributed by atoms with Gasteiger partial charge in [-0.15, -0.1) is 0 Å². The number of hydrogen-bond acceptors (Lipinski definition) is 11. The van der Waals surface area contributed by atoms with Gasteiger partial charge in [0.05, 0.1) is 6.61 Å². The quantitative estimate of drug-likeness (QED) is 0.175. The van der Waals surface area contributed by atoms with E-state index in [1.54, 1.807) is 0 Å². The lowest BCUT2D eigenvalue weighted by molar-refractivity contribution is -0.0542. The average Bonchev–Trinajstić information content (AvgIpc) is 2.99. The van der Waals surface area contributed by atoms with E-state index in [0.29, 0.717) is 12.8 Å². The first-order valence-corrected chi connectivity index (χ1v) is 14.9. The van der Waals surface area contributed by atoms with Crippen molar-refractivity contribution in [2.75, 3.05) is 6.61 Å². The van der Waals surface area contributed by atoms with Crippen LogP contribution in [0, 0.1) is 0 Å². The number of hydrogen-bond donors (Lipinski definition) is 7. The fourth-order valence-corrected chi connectivity index (χ4v) is 7.67. The lowest BCUT2D eigenvalue weighted by Gasteiger charge is -2.26. The van der Waals surface area contributed by atoms with E-state index in [1.165, 1.54) is 0 Å². The molecule has 0 bridgehead atoms. The van der Waals surface area contributed by atoms with Crippen molar-refractivity contribution in [1.82, 2.24) is 14.6 Å². The Bertz CT molecular complexity index is 1150. The molecule has 2 heterocycles. The zero-order valence-electron chi connectivity index (χ0n) is 18.0. The summed E-state index contributed by atoms with van der Waals surface area (Å²) in [6.45, 7) is -0.988. The van der Waals surface area contributed by atoms with Gasteiger partial charge in [-0.05, 0) is 12.8 Å². The summed E-state index contributed by atoms with van der Waals surface area (Å²) >= 11 is 0. The van der Waals surface area contributed by atoms with Crippen LogP contribution in [0.1, 0.15) is 38.3 Å². The maximum atomic E-state index is 12.1. The van der Waals surface area contributed by atoms with Crippen molar-refractivity contribution >= 4 is 23.4 Å². The van der Waals surface area contributed by atoms with Gasteiger partial charge in [-0.2, -0.15) is 8.62 Å². The summed E-state index contributed by atoms with van der Waals surface area (Å²) in [5.74, 6) is 0. The molecule has 0 amide bonds. The molecule has 20 heteroatoms. The molecule has 7 N–H and O–H groups in total. The molecule has 3 rings (SSSR count). The summed E-state index contributed by atoms with van der Waals surface area (Å²) in [5.41, 5.74) is -1.70. The number of phosphoric ester groups is 1. The van der Waals surface area contributed by atoms with E-state index in [9.17, 15) is 48.2 Å². The second kappa shape index (κ2) is 11.2. The highest BCUT2D eigenvalue weighted by atomic mass is 31.3. The number of phosphoric acid groups is 2. The predicted octanol–water partition coefficient (Wildman–Crippen LogP) is -0.571. The third-order valence-corrected chi connectivity index (χ3v) is 9.76. The molecular weight excluding hydrogens is 539 g/mol. The van der Waals surface area contributed by atoms with Gasteiger partial charge < -0.3 is 29.6 Å². The topological polar surface area (TPSA) is 256 Å². The zero-order valence-corrected chi connectivity index (χ0v) is 20.7. The molecule has 7 atom stereocenters. The second-order valence-electron chi connectivity index (χ2n) is 7.94. The van der Waals surface area contributed by atoms with Crippen LogP contribution in [0.25, 0.3) is 0 Å². The fraction of sp³-hybridized carbons (Fsp3) is 0.733. The van der Waals surface area contributed by atoms with Gasteiger partial charge in [0.25, 0.3) is 5.56 Å². The van der Waals surface area contributed by atoms with E-state index >= 15 is 0 Å². The molecule has 1 aliphatic heterocycles. The van der Waals surface area contributed by atoms with Gasteiger partial charge in [0.15, 0.2) is 6.23 Å². The molecule has 0 radical (unpaired) electrons. The molecule has 4 unspecified atom stereocenters. The lowest BCUT2D eigenvalue weighted by Crippen LogP contribution is -2.37. The Morgan fingerprint density at radius 2 is 1.69 bits per heavy atom. The van der Waals surface area contributed by atoms with Gasteiger partial charge in [-0.3, -0.25) is 18.9 Å². The number of nitrogens with zero attached hydrogens (tertiary/aromatic N) is 1. The summed E-state index contributed by atoms with van der Waals surface area (Å²) in [7, 11) is -16.0. The van der Waals surface area contributed by atoms with Crippen LogP contribution in [0.4, 0.5) is 0 Å². The molecule has 0 aromatic carbocycles. The standard InChI is InChI=1S/C15H26N3O14P3/c19-11-6-7-18(15(22)16-11)14-13(21)12(20)10(30-14)8-29-34(25,26)32-35(27,28)31-33(23,24)17-9-4-2-1-3-5-9/h6-7,9-10,12-14,20-21H,1-5,8H2,(H,25,26)(H,27,28)(H,16,19,22)(H2,17,23,24)/t10-,12?,13+,14-/m1/s1. The van der Waals surface area contributed by atoms with Crippen molar-refractivity contribution < 1.29 is 56.5 Å². The zero-order chi connectivity index (χ0) is 26.0. The molecule has 0 spiro atoms. The molecule has 1 saturated carbocycles. The van der Waals surface area contributed by atoms with Crippen LogP contribution in [-0.4, -0.2) is 65.4 Å². The fourth-order valence-electron chi connectivity index (χ4n) is 3.69. The number of aromatic amines is 1. The Morgan fingerprint density at radius 3 is 2.31 bits per heavy atom. The van der Waals surface area contributed by atoms with Crippen molar-refractivity contribution in [1.29, 1.82) is 0 Å². The number of rotatable bonds is 10. The van der Waals surface area contributed by atoms with Crippen LogP contribution in [0.2, 0.25) is 0 Å². The minimum absolute atomic E-state index is 0.466. The SMILES string of the molecule is O=c1ccn([C@@H]2O[C@H](COP(=O)(O)OP(=O)(O)OP(=O)(O)NC3CCCCC3)C(O)[C@@H]2O)c(=O)[nH]1. The van der Waals surface area contributed by atoms with Crippen LogP contribution in [0.5, 0.6) is 0 Å². The van der Waals surface area contributed by atoms with Crippen molar-refractivity contribution in [3.8, 4) is 0 Å². The molecule has 35 heavy (non-hydrogen) atoms. The molecule has 1 aromatic rings. The van der Waals surface area contributed by atoms with Crippen LogP contribution in [0.15, 0.2) is 21.9 Å². The maximum absolute atomic E-state index is 12.1. The van der Waals surface area contributed by atoms with Crippen molar-refractivity contribution in [3.05, 3.63) is 33.1 Å². The normalized spacial score (nSPS) is 30.9. The highest BCUT2D eigenvalue weighted by Gasteiger charge is 2.47. The largest absolute Gasteiger partial charge is 0.489 e. The molecule has 200 valence electrons. The first-order valence-electron chi connectivity index (χ1n) is 10.3. The van der Waals surface area contributed by atoms with Gasteiger partial charge in [-0.1, -0.05) is 19.3 Å². The van der Waals surface area contributed by atoms with Crippen molar-refractivity contribution in [2.45, 2.75) is 62.7 Å². The van der Waals surface area contributed by atoms with Gasteiger partial charge >= 0.3 is 29.1 Å². The van der Waals surface area contributed by atoms with Crippen molar-refractivity contribution in [3.63, 3.8) is 0 Å². The van der Waals surface area contributed by atoms with Crippen LogP contribution in [-0.2, 0) is 31.6 Å². The number of aliphatic hydroxyl groups excluding tert-OH is 2. The summed E-state index contributed by atoms with van der Waals surface area (Å²) < 4.78 is 55.0. The van der Waals surface area contributed by atoms with E-state index in [1.807, 2.05) is 4.98 Å². The Kier molecular flexibility index (Phi) is 9.09. The Balaban J connectivity index is 1.57. The van der Waals surface area contributed by atoms with Gasteiger partial charge in [0, 0.05) is 18.3 Å². The van der Waals surface area contributed by atoms with Crippen molar-refractivity contribution in [2.24, 2.45) is 0 Å². The molecular formula is C15H26N3O14P3. The van der Waals surface area contributed by atoms with E-state index < -0.39 is 71.8 Å². The highest BCUT2D eigenvalue weighted by Crippen LogP contribution is 2.66. The van der Waals surface area contributed by atoms with Gasteiger partial charge in [-0.25, -0.2) is 23.6 Å². The molecule has 1 saturated heterocycles. The first-order chi connectivity index (χ1) is 16.2. The molecule has 2 fully saturated rings. The number of ether oxygens (including phenoxy) is 1. The van der Waals surface area contributed by atoms with Crippen LogP contribution < -0.4 is 16.3 Å². The van der Waals surface area contributed by atoms with Gasteiger partial charge in [0.1, 0.15) is 18.3 Å². The Morgan fingerprint density at radius 1 is 1.03 bits per heavy atom. The minimum atomic E-state index is -5.61. The average molecular weight is 565 g/mol. The van der Waals surface area contributed by atoms with E-state index in [-0.39, 0.29) is 0 Å².